The van der Waals surface area contributed by atoms with E-state index in [1.807, 2.05) is 59.8 Å². The summed E-state index contributed by atoms with van der Waals surface area (Å²) in [5.41, 5.74) is 0.186. The Morgan fingerprint density at radius 1 is 1.19 bits per heavy atom. The van der Waals surface area contributed by atoms with E-state index >= 15 is 0 Å². The molecule has 4 N–H and O–H groups in total. The van der Waals surface area contributed by atoms with Gasteiger partial charge in [-0.25, -0.2) is 0 Å². The minimum atomic E-state index is -0.933. The lowest BCUT2D eigenvalue weighted by Gasteiger charge is -2.48. The van der Waals surface area contributed by atoms with E-state index < -0.39 is 36.0 Å². The zero-order valence-electron chi connectivity index (χ0n) is 19.6. The van der Waals surface area contributed by atoms with E-state index in [4.69, 9.17) is 14.6 Å². The molecule has 0 aromatic heterocycles. The Morgan fingerprint density at radius 3 is 2.45 bits per heavy atom. The SMILES string of the molecule is CC(=CC=CC(C)CC1(C)OC(C)C(O)C(C)C1O)C1OC(CC(=O)O)CC(O)C1C. The quantitative estimate of drug-likeness (QED) is 0.450. The standard InChI is InChI=1S/C24H40O7/c1-13(12-24(6)23(29)16(4)21(28)17(5)31-24)8-7-9-14(2)22-15(3)19(25)10-18(30-22)11-20(26)27/h7-9,13,15-19,21-23,25,28-29H,10-12H2,1-6H3,(H,26,27). The topological polar surface area (TPSA) is 116 Å². The highest BCUT2D eigenvalue weighted by atomic mass is 16.5. The van der Waals surface area contributed by atoms with Crippen LogP contribution in [-0.2, 0) is 14.3 Å². The predicted octanol–water partition coefficient (Wildman–Crippen LogP) is 2.68. The van der Waals surface area contributed by atoms with Gasteiger partial charge in [0, 0.05) is 18.3 Å². The van der Waals surface area contributed by atoms with E-state index in [0.29, 0.717) is 12.8 Å². The molecule has 2 fully saturated rings. The molecule has 2 heterocycles. The Bertz CT molecular complexity index is 675. The maximum atomic E-state index is 11.0. The lowest BCUT2D eigenvalue weighted by molar-refractivity contribution is -0.241. The highest BCUT2D eigenvalue weighted by Crippen LogP contribution is 2.38. The molecule has 0 aromatic rings. The first-order valence-corrected chi connectivity index (χ1v) is 11.3. The Hall–Kier alpha value is -1.25. The van der Waals surface area contributed by atoms with Crippen molar-refractivity contribution in [3.05, 3.63) is 23.8 Å². The van der Waals surface area contributed by atoms with E-state index in [1.165, 1.54) is 0 Å². The third kappa shape index (κ3) is 6.39. The van der Waals surface area contributed by atoms with Crippen molar-refractivity contribution in [1.29, 1.82) is 0 Å². The second kappa shape index (κ2) is 10.6. The van der Waals surface area contributed by atoms with Crippen molar-refractivity contribution < 1.29 is 34.7 Å². The minimum Gasteiger partial charge on any atom is -0.481 e. The molecule has 2 rings (SSSR count). The molecule has 7 nitrogen and oxygen atoms in total. The average Bonchev–Trinajstić information content (AvgIpc) is 2.66. The molecule has 0 bridgehead atoms. The molecule has 0 aromatic carbocycles. The first-order chi connectivity index (χ1) is 14.4. The fraction of sp³-hybridized carbons (Fsp3) is 0.792. The third-order valence-corrected chi connectivity index (χ3v) is 6.90. The average molecular weight is 441 g/mol. The number of aliphatic hydroxyl groups is 3. The number of ether oxygens (including phenoxy) is 2. The molecule has 0 radical (unpaired) electrons. The summed E-state index contributed by atoms with van der Waals surface area (Å²) >= 11 is 0. The molecule has 0 aliphatic carbocycles. The smallest absolute Gasteiger partial charge is 0.305 e. The van der Waals surface area contributed by atoms with E-state index in [2.05, 4.69) is 0 Å². The Morgan fingerprint density at radius 2 is 1.84 bits per heavy atom. The molecule has 0 saturated carbocycles. The van der Waals surface area contributed by atoms with Gasteiger partial charge in [0.25, 0.3) is 0 Å². The Labute approximate surface area is 185 Å². The summed E-state index contributed by atoms with van der Waals surface area (Å²) in [5, 5.41) is 40.2. The van der Waals surface area contributed by atoms with Crippen molar-refractivity contribution in [3.8, 4) is 0 Å². The van der Waals surface area contributed by atoms with E-state index in [-0.39, 0.29) is 36.4 Å². The molecule has 10 atom stereocenters. The lowest BCUT2D eigenvalue weighted by atomic mass is 9.77. The number of allylic oxidation sites excluding steroid dienone is 3. The van der Waals surface area contributed by atoms with Gasteiger partial charge in [0.05, 0.1) is 48.6 Å². The van der Waals surface area contributed by atoms with Crippen molar-refractivity contribution in [3.63, 3.8) is 0 Å². The van der Waals surface area contributed by atoms with Crippen molar-refractivity contribution >= 4 is 5.97 Å². The monoisotopic (exact) mass is 440 g/mol. The van der Waals surface area contributed by atoms with Gasteiger partial charge in [-0.15, -0.1) is 0 Å². The van der Waals surface area contributed by atoms with Gasteiger partial charge in [-0.2, -0.15) is 0 Å². The van der Waals surface area contributed by atoms with Gasteiger partial charge >= 0.3 is 5.97 Å². The molecule has 178 valence electrons. The van der Waals surface area contributed by atoms with Crippen LogP contribution in [-0.4, -0.2) is 68.6 Å². The number of carboxylic acids is 1. The summed E-state index contributed by atoms with van der Waals surface area (Å²) in [7, 11) is 0. The van der Waals surface area contributed by atoms with Crippen LogP contribution in [0, 0.1) is 17.8 Å². The molecule has 0 spiro atoms. The second-order valence-corrected chi connectivity index (χ2v) is 9.85. The lowest BCUT2D eigenvalue weighted by Crippen LogP contribution is -2.59. The highest BCUT2D eigenvalue weighted by molar-refractivity contribution is 5.67. The summed E-state index contributed by atoms with van der Waals surface area (Å²) in [4.78, 5) is 11.0. The second-order valence-electron chi connectivity index (χ2n) is 9.85. The number of carboxylic acid groups (broad SMARTS) is 1. The zero-order chi connectivity index (χ0) is 23.5. The molecule has 2 saturated heterocycles. The van der Waals surface area contributed by atoms with Gasteiger partial charge in [-0.1, -0.05) is 39.0 Å². The molecule has 2 aliphatic rings. The fourth-order valence-electron chi connectivity index (χ4n) is 5.02. The van der Waals surface area contributed by atoms with Crippen molar-refractivity contribution in [1.82, 2.24) is 0 Å². The van der Waals surface area contributed by atoms with Crippen LogP contribution in [0.3, 0.4) is 0 Å². The van der Waals surface area contributed by atoms with Crippen LogP contribution in [0.15, 0.2) is 23.8 Å². The summed E-state index contributed by atoms with van der Waals surface area (Å²) < 4.78 is 12.0. The number of aliphatic hydroxyl groups excluding tert-OH is 3. The van der Waals surface area contributed by atoms with E-state index in [9.17, 15) is 20.1 Å². The summed E-state index contributed by atoms with van der Waals surface area (Å²) in [5.74, 6) is -1.19. The molecule has 10 unspecified atom stereocenters. The van der Waals surface area contributed by atoms with E-state index in [1.54, 1.807) is 0 Å². The third-order valence-electron chi connectivity index (χ3n) is 6.90. The number of aliphatic carboxylic acids is 1. The van der Waals surface area contributed by atoms with Crippen LogP contribution in [0.2, 0.25) is 0 Å². The predicted molar refractivity (Wildman–Crippen MR) is 118 cm³/mol. The molecule has 7 heteroatoms. The normalized spacial score (nSPS) is 43.2. The largest absolute Gasteiger partial charge is 0.481 e. The molecule has 2 aliphatic heterocycles. The summed E-state index contributed by atoms with van der Waals surface area (Å²) in [6.07, 6.45) is 3.51. The van der Waals surface area contributed by atoms with Crippen molar-refractivity contribution in [2.75, 3.05) is 0 Å². The van der Waals surface area contributed by atoms with Crippen molar-refractivity contribution in [2.24, 2.45) is 17.8 Å². The number of rotatable bonds is 7. The zero-order valence-corrected chi connectivity index (χ0v) is 19.6. The van der Waals surface area contributed by atoms with Gasteiger partial charge in [0.1, 0.15) is 0 Å². The van der Waals surface area contributed by atoms with Crippen LogP contribution in [0.4, 0.5) is 0 Å². The molecule has 31 heavy (non-hydrogen) atoms. The minimum absolute atomic E-state index is 0.118. The first kappa shape index (κ1) is 26.0. The fourth-order valence-corrected chi connectivity index (χ4v) is 5.02. The molecule has 0 amide bonds. The summed E-state index contributed by atoms with van der Waals surface area (Å²) in [6, 6.07) is 0. The summed E-state index contributed by atoms with van der Waals surface area (Å²) in [6.45, 7) is 11.4. The van der Waals surface area contributed by atoms with Crippen LogP contribution in [0.5, 0.6) is 0 Å². The number of hydrogen-bond acceptors (Lipinski definition) is 6. The first-order valence-electron chi connectivity index (χ1n) is 11.3. The Kier molecular flexibility index (Phi) is 8.87. The van der Waals surface area contributed by atoms with Gasteiger partial charge < -0.3 is 29.9 Å². The van der Waals surface area contributed by atoms with Gasteiger partial charge in [0.2, 0.25) is 0 Å². The van der Waals surface area contributed by atoms with Crippen LogP contribution in [0.25, 0.3) is 0 Å². The van der Waals surface area contributed by atoms with Crippen molar-refractivity contribution in [2.45, 2.75) is 103 Å². The molecular formula is C24H40O7. The van der Waals surface area contributed by atoms with Gasteiger partial charge in [-0.05, 0) is 38.7 Å². The maximum Gasteiger partial charge on any atom is 0.305 e. The molecular weight excluding hydrogens is 400 g/mol. The van der Waals surface area contributed by atoms with Crippen LogP contribution in [0.1, 0.15) is 60.8 Å². The van der Waals surface area contributed by atoms with E-state index in [0.717, 1.165) is 5.57 Å². The van der Waals surface area contributed by atoms with Gasteiger partial charge in [0.15, 0.2) is 0 Å². The highest BCUT2D eigenvalue weighted by Gasteiger charge is 2.48. The number of carbonyl (C=O) groups is 1. The van der Waals surface area contributed by atoms with Crippen LogP contribution >= 0.6 is 0 Å². The maximum absolute atomic E-state index is 11.0. The number of hydrogen-bond donors (Lipinski definition) is 4. The van der Waals surface area contributed by atoms with Gasteiger partial charge in [-0.3, -0.25) is 4.79 Å². The Balaban J connectivity index is 2.01. The van der Waals surface area contributed by atoms with Crippen LogP contribution < -0.4 is 0 Å².